The molecular weight excluding hydrogens is 520 g/mol. The fraction of sp³-hybridized carbons (Fsp3) is 0.893. The first kappa shape index (κ1) is 33.3. The third-order valence-electron chi connectivity index (χ3n) is 8.60. The van der Waals surface area contributed by atoms with Crippen LogP contribution in [0.1, 0.15) is 82.6 Å². The average Bonchev–Trinajstić information content (AvgIpc) is 3.08. The summed E-state index contributed by atoms with van der Waals surface area (Å²) in [5.74, 6) is -0.0764. The van der Waals surface area contributed by atoms with Crippen molar-refractivity contribution in [3.8, 4) is 0 Å². The van der Waals surface area contributed by atoms with Crippen LogP contribution < -0.4 is 10.6 Å². The molecule has 0 aromatic carbocycles. The summed E-state index contributed by atoms with van der Waals surface area (Å²) in [5.41, 5.74) is -1.03. The molecule has 1 saturated heterocycles. The van der Waals surface area contributed by atoms with E-state index in [9.17, 15) is 22.8 Å². The van der Waals surface area contributed by atoms with Crippen LogP contribution in [0.15, 0.2) is 0 Å². The SMILES string of the molecule is COC(=O)C[C@@H]1[C@@H]2[C@H](CN1C(=O)[C@@H](NC(=O)N[C@H](CN(C)S(=O)(=O)C(C)(C)C)C(C)(C)C)C(C)(C)C)C2(C)C. The quantitative estimate of drug-likeness (QED) is 0.430. The molecule has 1 heterocycles. The van der Waals surface area contributed by atoms with Crippen molar-refractivity contribution in [3.63, 3.8) is 0 Å². The zero-order valence-corrected chi connectivity index (χ0v) is 27.1. The molecule has 3 amide bonds. The van der Waals surface area contributed by atoms with Crippen molar-refractivity contribution < 1.29 is 27.5 Å². The summed E-state index contributed by atoms with van der Waals surface area (Å²) in [6, 6.07) is -2.20. The number of methoxy groups -OCH3 is 1. The predicted octanol–water partition coefficient (Wildman–Crippen LogP) is 3.22. The van der Waals surface area contributed by atoms with Crippen LogP contribution in [0.5, 0.6) is 0 Å². The molecule has 2 fully saturated rings. The maximum absolute atomic E-state index is 13.9. The molecule has 226 valence electrons. The number of piperidine rings is 1. The molecule has 2 rings (SSSR count). The van der Waals surface area contributed by atoms with E-state index in [1.165, 1.54) is 18.5 Å². The van der Waals surface area contributed by atoms with Crippen molar-refractivity contribution in [3.05, 3.63) is 0 Å². The molecule has 5 atom stereocenters. The van der Waals surface area contributed by atoms with Gasteiger partial charge in [0, 0.05) is 32.2 Å². The highest BCUT2D eigenvalue weighted by Gasteiger charge is 2.68. The van der Waals surface area contributed by atoms with E-state index in [4.69, 9.17) is 4.74 Å². The Labute approximate surface area is 236 Å². The van der Waals surface area contributed by atoms with Gasteiger partial charge in [-0.2, -0.15) is 0 Å². The summed E-state index contributed by atoms with van der Waals surface area (Å²) in [4.78, 5) is 41.2. The highest BCUT2D eigenvalue weighted by molar-refractivity contribution is 7.90. The first-order valence-electron chi connectivity index (χ1n) is 13.8. The number of nitrogens with one attached hydrogen (secondary N) is 2. The van der Waals surface area contributed by atoms with Gasteiger partial charge in [-0.05, 0) is 48.9 Å². The molecule has 0 spiro atoms. The fourth-order valence-electron chi connectivity index (χ4n) is 5.69. The number of likely N-dealkylation sites (N-methyl/N-ethyl adjacent to an activating group) is 1. The highest BCUT2D eigenvalue weighted by Crippen LogP contribution is 2.65. The van der Waals surface area contributed by atoms with Crippen LogP contribution >= 0.6 is 0 Å². The lowest BCUT2D eigenvalue weighted by Crippen LogP contribution is -2.61. The molecule has 11 heteroatoms. The molecule has 0 unspecified atom stereocenters. The first-order chi connectivity index (χ1) is 17.4. The van der Waals surface area contributed by atoms with E-state index in [1.807, 2.05) is 41.5 Å². The van der Waals surface area contributed by atoms with E-state index in [0.717, 1.165) is 0 Å². The zero-order chi connectivity index (χ0) is 30.5. The highest BCUT2D eigenvalue weighted by atomic mass is 32.2. The molecule has 2 aliphatic rings. The van der Waals surface area contributed by atoms with E-state index in [-0.39, 0.29) is 42.2 Å². The van der Waals surface area contributed by atoms with Gasteiger partial charge < -0.3 is 20.3 Å². The van der Waals surface area contributed by atoms with Crippen molar-refractivity contribution >= 4 is 27.9 Å². The Hall–Kier alpha value is -1.88. The van der Waals surface area contributed by atoms with Crippen LogP contribution in [0.4, 0.5) is 4.79 Å². The van der Waals surface area contributed by atoms with E-state index in [1.54, 1.807) is 25.7 Å². The molecule has 0 aromatic rings. The van der Waals surface area contributed by atoms with E-state index < -0.39 is 43.7 Å². The van der Waals surface area contributed by atoms with Gasteiger partial charge in [-0.15, -0.1) is 0 Å². The number of sulfonamides is 1. The van der Waals surface area contributed by atoms with Crippen LogP contribution in [-0.4, -0.2) is 85.7 Å². The summed E-state index contributed by atoms with van der Waals surface area (Å²) >= 11 is 0. The van der Waals surface area contributed by atoms with Crippen molar-refractivity contribution in [2.45, 2.75) is 105 Å². The maximum atomic E-state index is 13.9. The minimum absolute atomic E-state index is 0.0524. The van der Waals surface area contributed by atoms with Gasteiger partial charge in [-0.25, -0.2) is 17.5 Å². The van der Waals surface area contributed by atoms with Gasteiger partial charge in [0.1, 0.15) is 6.04 Å². The Kier molecular flexibility index (Phi) is 9.26. The number of carbonyl (C=O) groups excluding carboxylic acids is 3. The van der Waals surface area contributed by atoms with Crippen molar-refractivity contribution in [1.82, 2.24) is 19.8 Å². The number of carbonyl (C=O) groups is 3. The van der Waals surface area contributed by atoms with E-state index in [2.05, 4.69) is 24.5 Å². The lowest BCUT2D eigenvalue weighted by Gasteiger charge is -2.39. The number of hydrogen-bond acceptors (Lipinski definition) is 6. The summed E-state index contributed by atoms with van der Waals surface area (Å²) in [7, 11) is -0.743. The number of rotatable bonds is 8. The van der Waals surface area contributed by atoms with E-state index >= 15 is 0 Å². The number of nitrogens with zero attached hydrogens (tertiary/aromatic N) is 2. The second-order valence-electron chi connectivity index (χ2n) is 15.0. The second-order valence-corrected chi connectivity index (χ2v) is 17.8. The van der Waals surface area contributed by atoms with Crippen LogP contribution in [0.25, 0.3) is 0 Å². The molecule has 0 bridgehead atoms. The number of ether oxygens (including phenoxy) is 1. The van der Waals surface area contributed by atoms with Gasteiger partial charge in [0.25, 0.3) is 0 Å². The summed E-state index contributed by atoms with van der Waals surface area (Å²) in [6.07, 6.45) is 0.122. The Bertz CT molecular complexity index is 1050. The van der Waals surface area contributed by atoms with Crippen molar-refractivity contribution in [2.24, 2.45) is 28.1 Å². The molecule has 2 N–H and O–H groups in total. The number of esters is 1. The first-order valence-corrected chi connectivity index (χ1v) is 15.2. The average molecular weight is 573 g/mol. The Morgan fingerprint density at radius 3 is 1.97 bits per heavy atom. The summed E-state index contributed by atoms with van der Waals surface area (Å²) in [5, 5.41) is 5.83. The minimum Gasteiger partial charge on any atom is -0.469 e. The largest absolute Gasteiger partial charge is 0.469 e. The van der Waals surface area contributed by atoms with Gasteiger partial charge in [0.2, 0.25) is 15.9 Å². The number of amides is 3. The van der Waals surface area contributed by atoms with Crippen LogP contribution in [0.3, 0.4) is 0 Å². The Balaban J connectivity index is 2.24. The summed E-state index contributed by atoms with van der Waals surface area (Å²) in [6.45, 7) is 21.3. The number of fused-ring (bicyclic) bond motifs is 1. The number of hydrogen-bond donors (Lipinski definition) is 2. The van der Waals surface area contributed by atoms with Gasteiger partial charge >= 0.3 is 12.0 Å². The molecule has 0 radical (unpaired) electrons. The lowest BCUT2D eigenvalue weighted by molar-refractivity contribution is -0.145. The van der Waals surface area contributed by atoms with Crippen molar-refractivity contribution in [1.29, 1.82) is 0 Å². The standard InChI is InChI=1S/C28H52N4O6S/c1-25(2,3)19(16-31(12)39(36,37)27(7,8)9)29-24(35)30-22(26(4,5)6)23(34)32-15-17-21(28(17,10)11)18(32)14-20(33)38-13/h17-19,21-22H,14-16H2,1-13H3,(H2,29,30,35)/t17-,18+,19+,21-,22+/m0/s1. The molecule has 1 aliphatic carbocycles. The van der Waals surface area contributed by atoms with Crippen LogP contribution in [0.2, 0.25) is 0 Å². The molecule has 10 nitrogen and oxygen atoms in total. The third kappa shape index (κ3) is 7.07. The topological polar surface area (TPSA) is 125 Å². The van der Waals surface area contributed by atoms with Crippen LogP contribution in [-0.2, 0) is 24.3 Å². The molecule has 1 saturated carbocycles. The normalized spacial score (nSPS) is 24.6. The zero-order valence-electron chi connectivity index (χ0n) is 26.3. The smallest absolute Gasteiger partial charge is 0.315 e. The van der Waals surface area contributed by atoms with Gasteiger partial charge in [0.05, 0.1) is 18.3 Å². The van der Waals surface area contributed by atoms with Crippen LogP contribution in [0, 0.1) is 28.1 Å². The van der Waals surface area contributed by atoms with Gasteiger partial charge in [-0.3, -0.25) is 9.59 Å². The van der Waals surface area contributed by atoms with E-state index in [0.29, 0.717) is 12.5 Å². The third-order valence-corrected chi connectivity index (χ3v) is 11.1. The Morgan fingerprint density at radius 2 is 1.54 bits per heavy atom. The lowest BCUT2D eigenvalue weighted by atomic mass is 9.85. The summed E-state index contributed by atoms with van der Waals surface area (Å²) < 4.78 is 31.1. The maximum Gasteiger partial charge on any atom is 0.315 e. The number of urea groups is 1. The Morgan fingerprint density at radius 1 is 1.00 bits per heavy atom. The number of likely N-dealkylation sites (tertiary alicyclic amines) is 1. The molecule has 0 aromatic heterocycles. The molecular formula is C28H52N4O6S. The van der Waals surface area contributed by atoms with Gasteiger partial charge in [0.15, 0.2) is 0 Å². The molecule has 1 aliphatic heterocycles. The van der Waals surface area contributed by atoms with Gasteiger partial charge in [-0.1, -0.05) is 55.4 Å². The predicted molar refractivity (Wildman–Crippen MR) is 152 cm³/mol. The monoisotopic (exact) mass is 572 g/mol. The van der Waals surface area contributed by atoms with Crippen molar-refractivity contribution in [2.75, 3.05) is 27.2 Å². The fourth-order valence-corrected chi connectivity index (χ4v) is 6.97. The minimum atomic E-state index is -3.60. The molecule has 39 heavy (non-hydrogen) atoms. The second kappa shape index (κ2) is 10.8.